The molecule has 1 unspecified atom stereocenters. The van der Waals surface area contributed by atoms with E-state index in [4.69, 9.17) is 4.74 Å². The summed E-state index contributed by atoms with van der Waals surface area (Å²) in [4.78, 5) is 11.1. The maximum atomic E-state index is 11.1. The molecule has 0 bridgehead atoms. The van der Waals surface area contributed by atoms with Gasteiger partial charge < -0.3 is 10.1 Å². The van der Waals surface area contributed by atoms with Crippen LogP contribution in [0, 0.1) is 0 Å². The summed E-state index contributed by atoms with van der Waals surface area (Å²) in [6.45, 7) is 3.82. The molecule has 0 saturated carbocycles. The molecule has 0 saturated heterocycles. The number of carbonyl (C=O) groups excluding carboxylic acids is 1. The minimum atomic E-state index is -0.236. The minimum absolute atomic E-state index is 0.0178. The van der Waals surface area contributed by atoms with Gasteiger partial charge in [-0.15, -0.1) is 0 Å². The van der Waals surface area contributed by atoms with Crippen LogP contribution in [0.1, 0.15) is 13.3 Å². The van der Waals surface area contributed by atoms with Gasteiger partial charge in [-0.1, -0.05) is 11.6 Å². The van der Waals surface area contributed by atoms with Gasteiger partial charge in [0.1, 0.15) is 0 Å². The summed E-state index contributed by atoms with van der Waals surface area (Å²) in [5.74, 6) is -0.0178. The van der Waals surface area contributed by atoms with Crippen molar-refractivity contribution < 1.29 is 9.53 Å². The Kier molecular flexibility index (Phi) is 4.32. The average Bonchev–Trinajstić information content (AvgIpc) is 2.15. The lowest BCUT2D eigenvalue weighted by Crippen LogP contribution is -2.32. The molecule has 4 heteroatoms. The summed E-state index contributed by atoms with van der Waals surface area (Å²) in [5.41, 5.74) is 1.24. The van der Waals surface area contributed by atoms with Crippen LogP contribution in [0.2, 0.25) is 0 Å². The van der Waals surface area contributed by atoms with Crippen molar-refractivity contribution in [3.63, 3.8) is 0 Å². The Labute approximate surface area is 83.9 Å². The zero-order chi connectivity index (χ0) is 9.68. The lowest BCUT2D eigenvalue weighted by molar-refractivity contribution is -0.120. The second-order valence-corrected chi connectivity index (χ2v) is 3.86. The van der Waals surface area contributed by atoms with E-state index in [0.717, 1.165) is 13.0 Å². The Hall–Kier alpha value is -0.480. The van der Waals surface area contributed by atoms with Crippen LogP contribution in [-0.4, -0.2) is 30.9 Å². The molecule has 74 valence electrons. The summed E-state index contributed by atoms with van der Waals surface area (Å²) < 4.78 is 5.15. The zero-order valence-electron chi connectivity index (χ0n) is 7.75. The lowest BCUT2D eigenvalue weighted by Gasteiger charge is -2.14. The fraction of sp³-hybridized carbons (Fsp3) is 0.667. The van der Waals surface area contributed by atoms with Gasteiger partial charge >= 0.3 is 0 Å². The molecule has 1 N–H and O–H groups in total. The third-order valence-electron chi connectivity index (χ3n) is 1.93. The van der Waals surface area contributed by atoms with Crippen molar-refractivity contribution in [1.29, 1.82) is 0 Å². The monoisotopic (exact) mass is 201 g/mol. The van der Waals surface area contributed by atoms with Crippen LogP contribution < -0.4 is 5.32 Å². The first-order chi connectivity index (χ1) is 6.20. The van der Waals surface area contributed by atoms with Crippen LogP contribution in [-0.2, 0) is 9.53 Å². The minimum Gasteiger partial charge on any atom is -0.377 e. The van der Waals surface area contributed by atoms with E-state index < -0.39 is 0 Å². The van der Waals surface area contributed by atoms with Crippen molar-refractivity contribution >= 4 is 18.5 Å². The molecule has 1 rings (SSSR count). The largest absolute Gasteiger partial charge is 0.377 e. The standard InChI is InChI=1S/C9H15NO2S/c1-7(13)9(11)10-6-8-2-4-12-5-3-8/h2,7,13H,3-6H2,1H3,(H,10,11). The van der Waals surface area contributed by atoms with Crippen LogP contribution in [0.3, 0.4) is 0 Å². The Morgan fingerprint density at radius 1 is 1.85 bits per heavy atom. The molecule has 0 aromatic rings. The Morgan fingerprint density at radius 2 is 2.62 bits per heavy atom. The third kappa shape index (κ3) is 3.83. The Bertz CT molecular complexity index is 214. The van der Waals surface area contributed by atoms with Crippen LogP contribution in [0.15, 0.2) is 11.6 Å². The second kappa shape index (κ2) is 5.29. The maximum absolute atomic E-state index is 11.1. The van der Waals surface area contributed by atoms with E-state index in [9.17, 15) is 4.79 Å². The highest BCUT2D eigenvalue weighted by Crippen LogP contribution is 2.06. The van der Waals surface area contributed by atoms with Gasteiger partial charge in [0, 0.05) is 6.54 Å². The van der Waals surface area contributed by atoms with Crippen molar-refractivity contribution in [1.82, 2.24) is 5.32 Å². The van der Waals surface area contributed by atoms with Crippen molar-refractivity contribution in [2.24, 2.45) is 0 Å². The normalized spacial score (nSPS) is 19.1. The lowest BCUT2D eigenvalue weighted by atomic mass is 10.1. The molecule has 0 fully saturated rings. The first-order valence-corrected chi connectivity index (χ1v) is 4.93. The number of thiol groups is 1. The average molecular weight is 201 g/mol. The second-order valence-electron chi connectivity index (χ2n) is 3.08. The Balaban J connectivity index is 2.25. The van der Waals surface area contributed by atoms with E-state index in [1.165, 1.54) is 5.57 Å². The van der Waals surface area contributed by atoms with Gasteiger partial charge in [-0.05, 0) is 13.3 Å². The fourth-order valence-electron chi connectivity index (χ4n) is 1.07. The highest BCUT2D eigenvalue weighted by Gasteiger charge is 2.08. The van der Waals surface area contributed by atoms with Gasteiger partial charge in [0.15, 0.2) is 0 Å². The molecule has 0 spiro atoms. The van der Waals surface area contributed by atoms with Gasteiger partial charge in [0.2, 0.25) is 5.91 Å². The SMILES string of the molecule is CC(S)C(=O)NCC1=CCOCC1. The molecule has 1 heterocycles. The molecule has 1 aliphatic heterocycles. The fourth-order valence-corrected chi connectivity index (χ4v) is 1.17. The van der Waals surface area contributed by atoms with E-state index in [1.807, 2.05) is 6.08 Å². The Morgan fingerprint density at radius 3 is 3.15 bits per heavy atom. The maximum Gasteiger partial charge on any atom is 0.232 e. The van der Waals surface area contributed by atoms with Crippen molar-refractivity contribution in [2.75, 3.05) is 19.8 Å². The van der Waals surface area contributed by atoms with Gasteiger partial charge in [-0.2, -0.15) is 12.6 Å². The molecular formula is C9H15NO2S. The van der Waals surface area contributed by atoms with Gasteiger partial charge in [-0.3, -0.25) is 4.79 Å². The molecule has 0 aromatic carbocycles. The van der Waals surface area contributed by atoms with Crippen molar-refractivity contribution in [3.05, 3.63) is 11.6 Å². The first kappa shape index (κ1) is 10.6. The van der Waals surface area contributed by atoms with Gasteiger partial charge in [0.25, 0.3) is 0 Å². The summed E-state index contributed by atoms with van der Waals surface area (Å²) in [6.07, 6.45) is 2.94. The van der Waals surface area contributed by atoms with Crippen LogP contribution in [0.5, 0.6) is 0 Å². The van der Waals surface area contributed by atoms with E-state index >= 15 is 0 Å². The zero-order valence-corrected chi connectivity index (χ0v) is 8.64. The summed E-state index contributed by atoms with van der Waals surface area (Å²) in [7, 11) is 0. The predicted molar refractivity (Wildman–Crippen MR) is 55.0 cm³/mol. The molecular weight excluding hydrogens is 186 g/mol. The number of amides is 1. The first-order valence-electron chi connectivity index (χ1n) is 4.41. The molecule has 0 aliphatic carbocycles. The molecule has 13 heavy (non-hydrogen) atoms. The number of hydrogen-bond acceptors (Lipinski definition) is 3. The molecule has 1 atom stereocenters. The number of hydrogen-bond donors (Lipinski definition) is 2. The summed E-state index contributed by atoms with van der Waals surface area (Å²) in [6, 6.07) is 0. The number of rotatable bonds is 3. The number of nitrogens with one attached hydrogen (secondary N) is 1. The molecule has 1 amide bonds. The highest BCUT2D eigenvalue weighted by atomic mass is 32.1. The summed E-state index contributed by atoms with van der Waals surface area (Å²) in [5, 5.41) is 2.58. The van der Waals surface area contributed by atoms with E-state index in [2.05, 4.69) is 17.9 Å². The van der Waals surface area contributed by atoms with Crippen LogP contribution >= 0.6 is 12.6 Å². The molecule has 0 radical (unpaired) electrons. The van der Waals surface area contributed by atoms with Crippen molar-refractivity contribution in [3.8, 4) is 0 Å². The van der Waals surface area contributed by atoms with E-state index in [1.54, 1.807) is 6.92 Å². The predicted octanol–water partition coefficient (Wildman–Crippen LogP) is 0.768. The molecule has 0 aromatic heterocycles. The summed E-state index contributed by atoms with van der Waals surface area (Å²) >= 11 is 4.03. The van der Waals surface area contributed by atoms with Crippen LogP contribution in [0.25, 0.3) is 0 Å². The van der Waals surface area contributed by atoms with Crippen LogP contribution in [0.4, 0.5) is 0 Å². The molecule has 3 nitrogen and oxygen atoms in total. The van der Waals surface area contributed by atoms with Gasteiger partial charge in [-0.25, -0.2) is 0 Å². The quantitative estimate of drug-likeness (QED) is 0.523. The van der Waals surface area contributed by atoms with Crippen molar-refractivity contribution in [2.45, 2.75) is 18.6 Å². The third-order valence-corrected chi connectivity index (χ3v) is 2.16. The van der Waals surface area contributed by atoms with E-state index in [-0.39, 0.29) is 11.2 Å². The number of ether oxygens (including phenoxy) is 1. The number of carbonyl (C=O) groups is 1. The molecule has 1 aliphatic rings. The highest BCUT2D eigenvalue weighted by molar-refractivity contribution is 7.81. The smallest absolute Gasteiger partial charge is 0.232 e. The van der Waals surface area contributed by atoms with Gasteiger partial charge in [0.05, 0.1) is 18.5 Å². The topological polar surface area (TPSA) is 38.3 Å². The van der Waals surface area contributed by atoms with E-state index in [0.29, 0.717) is 13.2 Å².